The van der Waals surface area contributed by atoms with Crippen LogP contribution in [0.1, 0.15) is 52.4 Å². The van der Waals surface area contributed by atoms with Crippen molar-refractivity contribution in [1.29, 1.82) is 0 Å². The predicted octanol–water partition coefficient (Wildman–Crippen LogP) is 3.11. The zero-order valence-electron chi connectivity index (χ0n) is 9.47. The van der Waals surface area contributed by atoms with Crippen LogP contribution in [0.15, 0.2) is 0 Å². The van der Waals surface area contributed by atoms with Crippen LogP contribution in [0.2, 0.25) is 0 Å². The van der Waals surface area contributed by atoms with Crippen molar-refractivity contribution in [1.82, 2.24) is 0 Å². The van der Waals surface area contributed by atoms with E-state index in [1.165, 1.54) is 32.1 Å². The van der Waals surface area contributed by atoms with Gasteiger partial charge in [0.25, 0.3) is 0 Å². The number of hydrogen-bond acceptors (Lipinski definition) is 2. The summed E-state index contributed by atoms with van der Waals surface area (Å²) in [4.78, 5) is 0. The third kappa shape index (κ3) is 2.29. The number of hydrogen-bond donors (Lipinski definition) is 0. The van der Waals surface area contributed by atoms with E-state index in [4.69, 9.17) is 9.47 Å². The molecule has 2 nitrogen and oxygen atoms in total. The Morgan fingerprint density at radius 3 is 2.07 bits per heavy atom. The predicted molar refractivity (Wildman–Crippen MR) is 56.1 cm³/mol. The Morgan fingerprint density at radius 2 is 1.50 bits per heavy atom. The van der Waals surface area contributed by atoms with Gasteiger partial charge in [0.1, 0.15) is 0 Å². The van der Waals surface area contributed by atoms with Crippen molar-refractivity contribution in [3.63, 3.8) is 0 Å². The summed E-state index contributed by atoms with van der Waals surface area (Å²) in [5, 5.41) is 0. The van der Waals surface area contributed by atoms with Crippen LogP contribution in [0.3, 0.4) is 0 Å². The van der Waals surface area contributed by atoms with Crippen LogP contribution >= 0.6 is 0 Å². The Kier molecular flexibility index (Phi) is 2.85. The summed E-state index contributed by atoms with van der Waals surface area (Å²) in [6.45, 7) is 6.04. The van der Waals surface area contributed by atoms with Gasteiger partial charge < -0.3 is 9.47 Å². The fourth-order valence-corrected chi connectivity index (χ4v) is 2.71. The summed E-state index contributed by atoms with van der Waals surface area (Å²) in [6, 6.07) is 0. The second-order valence-corrected chi connectivity index (χ2v) is 5.35. The van der Waals surface area contributed by atoms with Gasteiger partial charge in [0.2, 0.25) is 0 Å². The second kappa shape index (κ2) is 3.82. The molecule has 0 bridgehead atoms. The molecule has 2 heteroatoms. The summed E-state index contributed by atoms with van der Waals surface area (Å²) >= 11 is 0. The first kappa shape index (κ1) is 10.4. The zero-order valence-corrected chi connectivity index (χ0v) is 9.47. The van der Waals surface area contributed by atoms with Crippen molar-refractivity contribution >= 4 is 0 Å². The molecule has 0 atom stereocenters. The van der Waals surface area contributed by atoms with Crippen LogP contribution in [0.5, 0.6) is 0 Å². The first-order valence-electron chi connectivity index (χ1n) is 5.90. The Bertz CT molecular complexity index is 166. The smallest absolute Gasteiger partial charge is 0.165 e. The maximum absolute atomic E-state index is 5.62. The fourth-order valence-electron chi connectivity index (χ4n) is 2.71. The molecule has 1 aliphatic carbocycles. The van der Waals surface area contributed by atoms with Gasteiger partial charge in [-0.25, -0.2) is 0 Å². The van der Waals surface area contributed by atoms with Crippen LogP contribution < -0.4 is 0 Å². The molecule has 1 aliphatic heterocycles. The van der Waals surface area contributed by atoms with Crippen LogP contribution in [-0.2, 0) is 9.47 Å². The molecule has 2 aliphatic rings. The van der Waals surface area contributed by atoms with Crippen LogP contribution in [0.25, 0.3) is 0 Å². The van der Waals surface area contributed by atoms with Crippen molar-refractivity contribution < 1.29 is 9.47 Å². The SMILES string of the molecule is CC1(CCC2(C)OCCO2)CCCC1. The molecule has 0 aromatic rings. The summed E-state index contributed by atoms with van der Waals surface area (Å²) < 4.78 is 11.2. The topological polar surface area (TPSA) is 18.5 Å². The quantitative estimate of drug-likeness (QED) is 0.693. The van der Waals surface area contributed by atoms with E-state index >= 15 is 0 Å². The van der Waals surface area contributed by atoms with Gasteiger partial charge in [0.05, 0.1) is 13.2 Å². The maximum atomic E-state index is 5.62. The Balaban J connectivity index is 1.80. The number of rotatable bonds is 3. The highest BCUT2D eigenvalue weighted by molar-refractivity contribution is 4.82. The summed E-state index contributed by atoms with van der Waals surface area (Å²) in [5.74, 6) is -0.272. The molecule has 0 unspecified atom stereocenters. The van der Waals surface area contributed by atoms with E-state index in [9.17, 15) is 0 Å². The lowest BCUT2D eigenvalue weighted by molar-refractivity contribution is -0.151. The minimum atomic E-state index is -0.272. The third-order valence-corrected chi connectivity index (χ3v) is 3.89. The molecule has 1 saturated carbocycles. The average Bonchev–Trinajstić information content (AvgIpc) is 2.74. The molecule has 1 saturated heterocycles. The first-order chi connectivity index (χ1) is 6.62. The van der Waals surface area contributed by atoms with Gasteiger partial charge in [-0.2, -0.15) is 0 Å². The third-order valence-electron chi connectivity index (χ3n) is 3.89. The second-order valence-electron chi connectivity index (χ2n) is 5.35. The molecular weight excluding hydrogens is 176 g/mol. The van der Waals surface area contributed by atoms with Crippen molar-refractivity contribution in [3.8, 4) is 0 Å². The van der Waals surface area contributed by atoms with E-state index in [0.717, 1.165) is 19.6 Å². The minimum Gasteiger partial charge on any atom is -0.348 e. The van der Waals surface area contributed by atoms with E-state index in [1.807, 2.05) is 0 Å². The molecule has 0 aromatic carbocycles. The van der Waals surface area contributed by atoms with Crippen LogP contribution in [0, 0.1) is 5.41 Å². The van der Waals surface area contributed by atoms with Gasteiger partial charge in [0, 0.05) is 6.42 Å². The fraction of sp³-hybridized carbons (Fsp3) is 1.00. The lowest BCUT2D eigenvalue weighted by Crippen LogP contribution is -2.28. The van der Waals surface area contributed by atoms with E-state index in [0.29, 0.717) is 5.41 Å². The molecule has 1 heterocycles. The molecule has 0 spiro atoms. The molecule has 82 valence electrons. The van der Waals surface area contributed by atoms with Gasteiger partial charge in [0.15, 0.2) is 5.79 Å². The minimum absolute atomic E-state index is 0.272. The van der Waals surface area contributed by atoms with Gasteiger partial charge in [-0.3, -0.25) is 0 Å². The molecule has 2 rings (SSSR count). The maximum Gasteiger partial charge on any atom is 0.165 e. The first-order valence-corrected chi connectivity index (χ1v) is 5.90. The largest absolute Gasteiger partial charge is 0.348 e. The van der Waals surface area contributed by atoms with Crippen molar-refractivity contribution in [2.75, 3.05) is 13.2 Å². The monoisotopic (exact) mass is 198 g/mol. The van der Waals surface area contributed by atoms with E-state index in [-0.39, 0.29) is 5.79 Å². The molecule has 0 radical (unpaired) electrons. The van der Waals surface area contributed by atoms with Gasteiger partial charge >= 0.3 is 0 Å². The highest BCUT2D eigenvalue weighted by atomic mass is 16.7. The van der Waals surface area contributed by atoms with Gasteiger partial charge in [-0.1, -0.05) is 19.8 Å². The lowest BCUT2D eigenvalue weighted by Gasteiger charge is -2.29. The molecule has 0 N–H and O–H groups in total. The van der Waals surface area contributed by atoms with Crippen LogP contribution in [0.4, 0.5) is 0 Å². The van der Waals surface area contributed by atoms with Crippen molar-refractivity contribution in [3.05, 3.63) is 0 Å². The average molecular weight is 198 g/mol. The molecule has 14 heavy (non-hydrogen) atoms. The van der Waals surface area contributed by atoms with Gasteiger partial charge in [-0.15, -0.1) is 0 Å². The highest BCUT2D eigenvalue weighted by Gasteiger charge is 2.35. The summed E-state index contributed by atoms with van der Waals surface area (Å²) in [5.41, 5.74) is 0.568. The highest BCUT2D eigenvalue weighted by Crippen LogP contribution is 2.43. The summed E-state index contributed by atoms with van der Waals surface area (Å²) in [6.07, 6.45) is 7.92. The van der Waals surface area contributed by atoms with Crippen molar-refractivity contribution in [2.24, 2.45) is 5.41 Å². The Hall–Kier alpha value is -0.0800. The lowest BCUT2D eigenvalue weighted by atomic mass is 9.82. The molecule has 0 amide bonds. The van der Waals surface area contributed by atoms with Gasteiger partial charge in [-0.05, 0) is 31.6 Å². The molecular formula is C12H22O2. The Labute approximate surface area is 87.0 Å². The van der Waals surface area contributed by atoms with E-state index in [2.05, 4.69) is 13.8 Å². The Morgan fingerprint density at radius 1 is 0.929 bits per heavy atom. The molecule has 2 fully saturated rings. The molecule has 0 aromatic heterocycles. The number of ether oxygens (including phenoxy) is 2. The normalized spacial score (nSPS) is 29.6. The zero-order chi connectivity index (χ0) is 10.1. The standard InChI is InChI=1S/C12H22O2/c1-11(5-3-4-6-11)7-8-12(2)13-9-10-14-12/h3-10H2,1-2H3. The van der Waals surface area contributed by atoms with Crippen LogP contribution in [-0.4, -0.2) is 19.0 Å². The van der Waals surface area contributed by atoms with Crippen molar-refractivity contribution in [2.45, 2.75) is 58.2 Å². The van der Waals surface area contributed by atoms with E-state index < -0.39 is 0 Å². The van der Waals surface area contributed by atoms with E-state index in [1.54, 1.807) is 0 Å². The summed E-state index contributed by atoms with van der Waals surface area (Å²) in [7, 11) is 0.